The van der Waals surface area contributed by atoms with Crippen molar-refractivity contribution < 1.29 is 0 Å². The maximum absolute atomic E-state index is 5.42. The number of aryl methyl sites for hydroxylation is 1. The minimum Gasteiger partial charge on any atom is -0.325 e. The molecule has 0 amide bonds. The van der Waals surface area contributed by atoms with Crippen LogP contribution in [0, 0.1) is 10.5 Å². The third-order valence-corrected chi connectivity index (χ3v) is 2.63. The Labute approximate surface area is 73.2 Å². The van der Waals surface area contributed by atoms with E-state index in [0.717, 1.165) is 15.0 Å². The zero-order chi connectivity index (χ0) is 7.56. The van der Waals surface area contributed by atoms with Crippen LogP contribution in [0.5, 0.6) is 0 Å². The highest BCUT2D eigenvalue weighted by Crippen LogP contribution is 2.10. The second-order valence-corrected chi connectivity index (χ2v) is 3.00. The van der Waals surface area contributed by atoms with E-state index in [1.54, 1.807) is 6.33 Å². The minimum atomic E-state index is 0.488. The number of rotatable bonds is 1. The SMILES string of the molecule is Cc1ncnc(CN)c1I. The van der Waals surface area contributed by atoms with E-state index in [-0.39, 0.29) is 0 Å². The highest BCUT2D eigenvalue weighted by molar-refractivity contribution is 14.1. The van der Waals surface area contributed by atoms with Gasteiger partial charge in [0, 0.05) is 6.54 Å². The molecule has 2 N–H and O–H groups in total. The van der Waals surface area contributed by atoms with Crippen molar-refractivity contribution in [2.75, 3.05) is 0 Å². The Morgan fingerprint density at radius 3 is 2.80 bits per heavy atom. The van der Waals surface area contributed by atoms with Gasteiger partial charge in [-0.3, -0.25) is 0 Å². The standard InChI is InChI=1S/C6H8IN3/c1-4-6(7)5(2-8)10-3-9-4/h3H,2,8H2,1H3. The molecule has 10 heavy (non-hydrogen) atoms. The molecule has 1 aromatic heterocycles. The van der Waals surface area contributed by atoms with Gasteiger partial charge in [-0.2, -0.15) is 0 Å². The highest BCUT2D eigenvalue weighted by atomic mass is 127. The van der Waals surface area contributed by atoms with Crippen LogP contribution in [0.4, 0.5) is 0 Å². The van der Waals surface area contributed by atoms with Gasteiger partial charge < -0.3 is 5.73 Å². The van der Waals surface area contributed by atoms with Gasteiger partial charge in [-0.15, -0.1) is 0 Å². The summed E-state index contributed by atoms with van der Waals surface area (Å²) in [7, 11) is 0. The summed E-state index contributed by atoms with van der Waals surface area (Å²) < 4.78 is 1.07. The summed E-state index contributed by atoms with van der Waals surface area (Å²) in [6.07, 6.45) is 1.54. The topological polar surface area (TPSA) is 51.8 Å². The molecule has 0 radical (unpaired) electrons. The lowest BCUT2D eigenvalue weighted by molar-refractivity contribution is 0.930. The first-order chi connectivity index (χ1) is 4.75. The fourth-order valence-corrected chi connectivity index (χ4v) is 1.15. The maximum atomic E-state index is 5.42. The van der Waals surface area contributed by atoms with Crippen LogP contribution in [0.15, 0.2) is 6.33 Å². The van der Waals surface area contributed by atoms with Crippen LogP contribution in [-0.4, -0.2) is 9.97 Å². The predicted molar refractivity (Wildman–Crippen MR) is 47.4 cm³/mol. The first-order valence-corrected chi connectivity index (χ1v) is 3.99. The minimum absolute atomic E-state index is 0.488. The second-order valence-electron chi connectivity index (χ2n) is 1.92. The first kappa shape index (κ1) is 7.87. The molecule has 0 fully saturated rings. The van der Waals surface area contributed by atoms with E-state index >= 15 is 0 Å². The molecule has 0 saturated carbocycles. The van der Waals surface area contributed by atoms with Crippen LogP contribution in [0.1, 0.15) is 11.4 Å². The molecule has 0 atom stereocenters. The van der Waals surface area contributed by atoms with E-state index in [2.05, 4.69) is 32.6 Å². The zero-order valence-electron chi connectivity index (χ0n) is 5.63. The van der Waals surface area contributed by atoms with Crippen molar-refractivity contribution in [2.24, 2.45) is 5.73 Å². The predicted octanol–water partition coefficient (Wildman–Crippen LogP) is 0.848. The van der Waals surface area contributed by atoms with E-state index in [0.29, 0.717) is 6.54 Å². The van der Waals surface area contributed by atoms with E-state index in [9.17, 15) is 0 Å². The van der Waals surface area contributed by atoms with Crippen LogP contribution < -0.4 is 5.73 Å². The van der Waals surface area contributed by atoms with E-state index < -0.39 is 0 Å². The number of aromatic nitrogens is 2. The lowest BCUT2D eigenvalue weighted by Crippen LogP contribution is -2.04. The summed E-state index contributed by atoms with van der Waals surface area (Å²) in [6.45, 7) is 2.43. The Morgan fingerprint density at radius 2 is 2.30 bits per heavy atom. The van der Waals surface area contributed by atoms with Gasteiger partial charge in [0.05, 0.1) is 15.0 Å². The Hall–Kier alpha value is -0.230. The van der Waals surface area contributed by atoms with Crippen LogP contribution in [-0.2, 0) is 6.54 Å². The smallest absolute Gasteiger partial charge is 0.116 e. The molecule has 1 heterocycles. The molecule has 3 nitrogen and oxygen atoms in total. The van der Waals surface area contributed by atoms with Crippen molar-refractivity contribution in [1.82, 2.24) is 9.97 Å². The van der Waals surface area contributed by atoms with Crippen molar-refractivity contribution in [3.05, 3.63) is 21.3 Å². The lowest BCUT2D eigenvalue weighted by atomic mass is 10.3. The second kappa shape index (κ2) is 3.25. The molecule has 0 aliphatic carbocycles. The molecule has 1 rings (SSSR count). The Kier molecular flexibility index (Phi) is 2.56. The van der Waals surface area contributed by atoms with Crippen LogP contribution in [0.25, 0.3) is 0 Å². The van der Waals surface area contributed by atoms with Gasteiger partial charge in [-0.25, -0.2) is 9.97 Å². The molecule has 4 heteroatoms. The molecule has 54 valence electrons. The molecule has 0 saturated heterocycles. The summed E-state index contributed by atoms with van der Waals surface area (Å²) in [6, 6.07) is 0. The van der Waals surface area contributed by atoms with Crippen LogP contribution >= 0.6 is 22.6 Å². The Morgan fingerprint density at radius 1 is 1.60 bits per heavy atom. The highest BCUT2D eigenvalue weighted by Gasteiger charge is 2.00. The molecule has 0 aliphatic heterocycles. The van der Waals surface area contributed by atoms with Gasteiger partial charge in [0.2, 0.25) is 0 Å². The molecule has 0 unspecified atom stereocenters. The summed E-state index contributed by atoms with van der Waals surface area (Å²) >= 11 is 2.20. The number of hydrogen-bond donors (Lipinski definition) is 1. The molecule has 0 aromatic carbocycles. The number of hydrogen-bond acceptors (Lipinski definition) is 3. The summed E-state index contributed by atoms with van der Waals surface area (Å²) in [5, 5.41) is 0. The summed E-state index contributed by atoms with van der Waals surface area (Å²) in [4.78, 5) is 8.03. The third kappa shape index (κ3) is 1.43. The largest absolute Gasteiger partial charge is 0.325 e. The fourth-order valence-electron chi connectivity index (χ4n) is 0.650. The summed E-state index contributed by atoms with van der Waals surface area (Å²) in [5.41, 5.74) is 7.34. The Balaban J connectivity index is 3.14. The van der Waals surface area contributed by atoms with Crippen molar-refractivity contribution in [3.63, 3.8) is 0 Å². The van der Waals surface area contributed by atoms with Gasteiger partial charge in [-0.1, -0.05) is 0 Å². The lowest BCUT2D eigenvalue weighted by Gasteiger charge is -2.00. The molecule has 0 aliphatic rings. The normalized spacial score (nSPS) is 9.90. The zero-order valence-corrected chi connectivity index (χ0v) is 7.79. The van der Waals surface area contributed by atoms with Gasteiger partial charge >= 0.3 is 0 Å². The number of nitrogens with zero attached hydrogens (tertiary/aromatic N) is 2. The van der Waals surface area contributed by atoms with Crippen molar-refractivity contribution in [2.45, 2.75) is 13.5 Å². The average Bonchev–Trinajstić information content (AvgIpc) is 1.95. The monoisotopic (exact) mass is 249 g/mol. The molecule has 0 bridgehead atoms. The van der Waals surface area contributed by atoms with Crippen LogP contribution in [0.2, 0.25) is 0 Å². The number of halogens is 1. The van der Waals surface area contributed by atoms with Crippen molar-refractivity contribution in [1.29, 1.82) is 0 Å². The molecular formula is C6H8IN3. The van der Waals surface area contributed by atoms with E-state index in [1.807, 2.05) is 6.92 Å². The van der Waals surface area contributed by atoms with Crippen LogP contribution in [0.3, 0.4) is 0 Å². The molecule has 0 spiro atoms. The van der Waals surface area contributed by atoms with Gasteiger partial charge in [0.1, 0.15) is 6.33 Å². The Bertz CT molecular complexity index is 236. The number of nitrogens with two attached hydrogens (primary N) is 1. The van der Waals surface area contributed by atoms with Gasteiger partial charge in [0.25, 0.3) is 0 Å². The van der Waals surface area contributed by atoms with E-state index in [4.69, 9.17) is 5.73 Å². The van der Waals surface area contributed by atoms with Crippen molar-refractivity contribution >= 4 is 22.6 Å². The quantitative estimate of drug-likeness (QED) is 0.750. The molecule has 1 aromatic rings. The van der Waals surface area contributed by atoms with Crippen molar-refractivity contribution in [3.8, 4) is 0 Å². The third-order valence-electron chi connectivity index (χ3n) is 1.23. The fraction of sp³-hybridized carbons (Fsp3) is 0.333. The molecular weight excluding hydrogens is 241 g/mol. The van der Waals surface area contributed by atoms with E-state index in [1.165, 1.54) is 0 Å². The first-order valence-electron chi connectivity index (χ1n) is 2.91. The maximum Gasteiger partial charge on any atom is 0.116 e. The van der Waals surface area contributed by atoms with Gasteiger partial charge in [0.15, 0.2) is 0 Å². The van der Waals surface area contributed by atoms with Gasteiger partial charge in [-0.05, 0) is 29.5 Å². The summed E-state index contributed by atoms with van der Waals surface area (Å²) in [5.74, 6) is 0. The average molecular weight is 249 g/mol.